The smallest absolute Gasteiger partial charge is 0.269 e. The maximum atomic E-state index is 12.2. The largest absolute Gasteiger partial charge is 0.477 e. The quantitative estimate of drug-likeness (QED) is 0.482. The van der Waals surface area contributed by atoms with Crippen LogP contribution in [-0.2, 0) is 4.79 Å². The third kappa shape index (κ3) is 2.33. The van der Waals surface area contributed by atoms with Crippen molar-refractivity contribution >= 4 is 28.9 Å². The molecule has 0 saturated carbocycles. The van der Waals surface area contributed by atoms with Gasteiger partial charge in [0.1, 0.15) is 5.75 Å². The normalized spacial score (nSPS) is 16.9. The molecular formula is C15H8ClNO5. The molecule has 2 aromatic carbocycles. The molecule has 1 aliphatic rings. The number of Topliss-reactive ketones (excluding diaryl/α,β-unsaturated/α-hetero) is 2. The summed E-state index contributed by atoms with van der Waals surface area (Å²) in [7, 11) is 0. The number of carbonyl (C=O) groups excluding carboxylic acids is 2. The molecule has 0 saturated heterocycles. The first kappa shape index (κ1) is 14.2. The van der Waals surface area contributed by atoms with Crippen molar-refractivity contribution in [1.82, 2.24) is 0 Å². The van der Waals surface area contributed by atoms with Gasteiger partial charge in [0.15, 0.2) is 6.10 Å². The van der Waals surface area contributed by atoms with Crippen LogP contribution in [0.2, 0.25) is 5.02 Å². The van der Waals surface area contributed by atoms with E-state index in [4.69, 9.17) is 16.3 Å². The summed E-state index contributed by atoms with van der Waals surface area (Å²) in [5.41, 5.74) is 0.176. The van der Waals surface area contributed by atoms with Gasteiger partial charge in [-0.25, -0.2) is 0 Å². The lowest BCUT2D eigenvalue weighted by atomic mass is 9.95. The number of nitro benzene ring substituents is 1. The monoisotopic (exact) mass is 317 g/mol. The lowest BCUT2D eigenvalue weighted by Crippen LogP contribution is -2.31. The third-order valence-electron chi connectivity index (χ3n) is 3.28. The Hall–Kier alpha value is -2.73. The van der Waals surface area contributed by atoms with Gasteiger partial charge in [0, 0.05) is 22.7 Å². The number of nitro groups is 1. The summed E-state index contributed by atoms with van der Waals surface area (Å²) in [5.74, 6) is -1.28. The van der Waals surface area contributed by atoms with Crippen molar-refractivity contribution in [3.63, 3.8) is 0 Å². The number of ketones is 2. The van der Waals surface area contributed by atoms with Crippen molar-refractivity contribution < 1.29 is 19.2 Å². The molecule has 110 valence electrons. The topological polar surface area (TPSA) is 86.5 Å². The zero-order valence-electron chi connectivity index (χ0n) is 11.0. The molecule has 22 heavy (non-hydrogen) atoms. The number of nitrogens with zero attached hydrogens (tertiary/aromatic N) is 1. The summed E-state index contributed by atoms with van der Waals surface area (Å²) < 4.78 is 5.54. The third-order valence-corrected chi connectivity index (χ3v) is 3.51. The Labute approximate surface area is 129 Å². The molecule has 1 aliphatic heterocycles. The van der Waals surface area contributed by atoms with Gasteiger partial charge in [-0.1, -0.05) is 23.7 Å². The first-order valence-electron chi connectivity index (χ1n) is 6.26. The van der Waals surface area contributed by atoms with Crippen LogP contribution in [0.25, 0.3) is 0 Å². The standard InChI is InChI=1S/C15H8ClNO5/c16-9-4-5-12-11(7-9)13(18)14(19)15(22-12)8-2-1-3-10(6-8)17(20)21/h1-7,15H. The minimum Gasteiger partial charge on any atom is -0.477 e. The van der Waals surface area contributed by atoms with Crippen LogP contribution in [0.4, 0.5) is 5.69 Å². The van der Waals surface area contributed by atoms with Crippen molar-refractivity contribution in [3.05, 3.63) is 68.7 Å². The van der Waals surface area contributed by atoms with Crippen LogP contribution in [0.1, 0.15) is 22.0 Å². The summed E-state index contributed by atoms with van der Waals surface area (Å²) in [6, 6.07) is 9.85. The van der Waals surface area contributed by atoms with Gasteiger partial charge >= 0.3 is 0 Å². The Balaban J connectivity index is 2.05. The summed E-state index contributed by atoms with van der Waals surface area (Å²) in [5, 5.41) is 11.1. The van der Waals surface area contributed by atoms with Gasteiger partial charge in [-0.15, -0.1) is 0 Å². The number of fused-ring (bicyclic) bond motifs is 1. The fraction of sp³-hybridized carbons (Fsp3) is 0.0667. The number of hydrogen-bond acceptors (Lipinski definition) is 5. The van der Waals surface area contributed by atoms with Crippen molar-refractivity contribution in [2.45, 2.75) is 6.10 Å². The molecule has 3 rings (SSSR count). The predicted molar refractivity (Wildman–Crippen MR) is 77.3 cm³/mol. The number of carbonyl (C=O) groups is 2. The van der Waals surface area contributed by atoms with Crippen molar-refractivity contribution in [3.8, 4) is 5.75 Å². The first-order chi connectivity index (χ1) is 10.5. The highest BCUT2D eigenvalue weighted by Crippen LogP contribution is 2.35. The summed E-state index contributed by atoms with van der Waals surface area (Å²) in [6.45, 7) is 0. The van der Waals surface area contributed by atoms with Crippen LogP contribution in [0, 0.1) is 10.1 Å². The molecule has 0 fully saturated rings. The van der Waals surface area contributed by atoms with Crippen LogP contribution >= 0.6 is 11.6 Å². The van der Waals surface area contributed by atoms with Gasteiger partial charge in [0.2, 0.25) is 11.6 Å². The maximum absolute atomic E-state index is 12.2. The highest BCUT2D eigenvalue weighted by Gasteiger charge is 2.37. The van der Waals surface area contributed by atoms with E-state index in [1.165, 1.54) is 42.5 Å². The Morgan fingerprint density at radius 2 is 1.91 bits per heavy atom. The molecule has 2 aromatic rings. The molecule has 1 atom stereocenters. The molecule has 6 nitrogen and oxygen atoms in total. The first-order valence-corrected chi connectivity index (χ1v) is 6.64. The second-order valence-corrected chi connectivity index (χ2v) is 5.12. The maximum Gasteiger partial charge on any atom is 0.269 e. The molecule has 0 bridgehead atoms. The zero-order chi connectivity index (χ0) is 15.9. The Morgan fingerprint density at radius 3 is 2.64 bits per heavy atom. The number of non-ortho nitro benzene ring substituents is 1. The molecule has 7 heteroatoms. The van der Waals surface area contributed by atoms with E-state index in [1.807, 2.05) is 0 Å². The summed E-state index contributed by atoms with van der Waals surface area (Å²) >= 11 is 5.80. The molecule has 0 radical (unpaired) electrons. The van der Waals surface area contributed by atoms with E-state index in [2.05, 4.69) is 0 Å². The highest BCUT2D eigenvalue weighted by atomic mass is 35.5. The number of hydrogen-bond donors (Lipinski definition) is 0. The SMILES string of the molecule is O=C1C(=O)C(c2cccc([N+](=O)[O-])c2)Oc2ccc(Cl)cc21. The molecule has 1 heterocycles. The van der Waals surface area contributed by atoms with Crippen LogP contribution in [0.15, 0.2) is 42.5 Å². The van der Waals surface area contributed by atoms with Crippen molar-refractivity contribution in [2.75, 3.05) is 0 Å². The lowest BCUT2D eigenvalue weighted by molar-refractivity contribution is -0.384. The second-order valence-electron chi connectivity index (χ2n) is 4.68. The van der Waals surface area contributed by atoms with Gasteiger partial charge in [0.05, 0.1) is 10.5 Å². The second kappa shape index (κ2) is 5.23. The van der Waals surface area contributed by atoms with E-state index < -0.39 is 22.6 Å². The van der Waals surface area contributed by atoms with E-state index in [1.54, 1.807) is 0 Å². The highest BCUT2D eigenvalue weighted by molar-refractivity contribution is 6.47. The molecule has 1 unspecified atom stereocenters. The Kier molecular flexibility index (Phi) is 3.38. The molecule has 0 aromatic heterocycles. The number of rotatable bonds is 2. The van der Waals surface area contributed by atoms with Crippen molar-refractivity contribution in [1.29, 1.82) is 0 Å². The molecule has 0 amide bonds. The number of ether oxygens (including phenoxy) is 1. The number of benzene rings is 2. The van der Waals surface area contributed by atoms with Gasteiger partial charge in [-0.3, -0.25) is 19.7 Å². The summed E-state index contributed by atoms with van der Waals surface area (Å²) in [4.78, 5) is 34.6. The van der Waals surface area contributed by atoms with Crippen LogP contribution in [0.3, 0.4) is 0 Å². The molecular weight excluding hydrogens is 310 g/mol. The van der Waals surface area contributed by atoms with Gasteiger partial charge in [-0.05, 0) is 18.2 Å². The van der Waals surface area contributed by atoms with Gasteiger partial charge in [0.25, 0.3) is 5.69 Å². The van der Waals surface area contributed by atoms with Crippen LogP contribution < -0.4 is 4.74 Å². The van der Waals surface area contributed by atoms with E-state index in [0.717, 1.165) is 0 Å². The minimum absolute atomic E-state index is 0.0965. The number of halogens is 1. The predicted octanol–water partition coefficient (Wildman–Crippen LogP) is 3.13. The average molecular weight is 318 g/mol. The Bertz CT molecular complexity index is 817. The van der Waals surface area contributed by atoms with Crippen molar-refractivity contribution in [2.24, 2.45) is 0 Å². The average Bonchev–Trinajstić information content (AvgIpc) is 2.51. The van der Waals surface area contributed by atoms with E-state index in [-0.39, 0.29) is 22.6 Å². The molecule has 0 spiro atoms. The van der Waals surface area contributed by atoms with Gasteiger partial charge < -0.3 is 4.74 Å². The lowest BCUT2D eigenvalue weighted by Gasteiger charge is -2.24. The zero-order valence-corrected chi connectivity index (χ0v) is 11.7. The fourth-order valence-electron chi connectivity index (χ4n) is 2.24. The van der Waals surface area contributed by atoms with Crippen LogP contribution in [0.5, 0.6) is 5.75 Å². The van der Waals surface area contributed by atoms with Crippen LogP contribution in [-0.4, -0.2) is 16.5 Å². The summed E-state index contributed by atoms with van der Waals surface area (Å²) in [6.07, 6.45) is -1.19. The van der Waals surface area contributed by atoms with E-state index in [9.17, 15) is 19.7 Å². The molecule has 0 aliphatic carbocycles. The van der Waals surface area contributed by atoms with E-state index >= 15 is 0 Å². The Morgan fingerprint density at radius 1 is 1.14 bits per heavy atom. The van der Waals surface area contributed by atoms with E-state index in [0.29, 0.717) is 5.02 Å². The van der Waals surface area contributed by atoms with Gasteiger partial charge in [-0.2, -0.15) is 0 Å². The molecule has 0 N–H and O–H groups in total. The fourth-order valence-corrected chi connectivity index (χ4v) is 2.41. The minimum atomic E-state index is -1.19.